The van der Waals surface area contributed by atoms with E-state index in [1.165, 1.54) is 0 Å². The summed E-state index contributed by atoms with van der Waals surface area (Å²) < 4.78 is 6.31. The van der Waals surface area contributed by atoms with Crippen LogP contribution in [0.5, 0.6) is 0 Å². The molecule has 4 aliphatic carbocycles. The number of rotatable bonds is 4. The third-order valence-corrected chi connectivity index (χ3v) is 8.65. The van der Waals surface area contributed by atoms with E-state index in [9.17, 15) is 19.8 Å². The second kappa shape index (κ2) is 6.86. The smallest absolute Gasteiger partial charge is 0.190 e. The number of carbonyl (C=O) groups excluding carboxylic acids is 2. The van der Waals surface area contributed by atoms with Crippen molar-refractivity contribution in [3.05, 3.63) is 23.8 Å². The van der Waals surface area contributed by atoms with E-state index in [0.717, 1.165) is 24.8 Å². The van der Waals surface area contributed by atoms with Crippen LogP contribution in [0, 0.1) is 28.6 Å². The number of aliphatic hydroxyl groups is 2. The fourth-order valence-corrected chi connectivity index (χ4v) is 7.56. The number of ketones is 2. The molecule has 0 aromatic rings. The van der Waals surface area contributed by atoms with Gasteiger partial charge >= 0.3 is 0 Å². The van der Waals surface area contributed by atoms with Gasteiger partial charge in [-0.2, -0.15) is 0 Å². The highest BCUT2D eigenvalue weighted by Crippen LogP contribution is 2.68. The highest BCUT2D eigenvalue weighted by atomic mass is 16.5. The fourth-order valence-electron chi connectivity index (χ4n) is 7.56. The van der Waals surface area contributed by atoms with Crippen LogP contribution < -0.4 is 0 Å². The minimum atomic E-state index is -1.04. The van der Waals surface area contributed by atoms with Gasteiger partial charge in [-0.05, 0) is 69.9 Å². The first-order valence-corrected chi connectivity index (χ1v) is 11.0. The van der Waals surface area contributed by atoms with Gasteiger partial charge in [0.1, 0.15) is 12.2 Å². The van der Waals surface area contributed by atoms with Crippen LogP contribution >= 0.6 is 0 Å². The van der Waals surface area contributed by atoms with Gasteiger partial charge in [0.05, 0.1) is 12.2 Å². The molecule has 29 heavy (non-hydrogen) atoms. The number of hydrogen-bond acceptors (Lipinski definition) is 5. The van der Waals surface area contributed by atoms with Crippen molar-refractivity contribution in [2.24, 2.45) is 28.6 Å². The molecule has 0 spiro atoms. The molecule has 5 heteroatoms. The van der Waals surface area contributed by atoms with Gasteiger partial charge < -0.3 is 14.9 Å². The van der Waals surface area contributed by atoms with Gasteiger partial charge in [0.15, 0.2) is 11.6 Å². The predicted octanol–water partition coefficient (Wildman–Crippen LogP) is 2.99. The van der Waals surface area contributed by atoms with Crippen molar-refractivity contribution in [2.45, 2.75) is 77.6 Å². The molecule has 0 amide bonds. The maximum Gasteiger partial charge on any atom is 0.190 e. The van der Waals surface area contributed by atoms with Crippen LogP contribution in [0.15, 0.2) is 23.8 Å². The Hall–Kier alpha value is -1.30. The molecule has 4 aliphatic rings. The van der Waals surface area contributed by atoms with Gasteiger partial charge in [-0.15, -0.1) is 0 Å². The molecule has 0 aromatic carbocycles. The number of aliphatic hydroxyl groups excluding tert-OH is 2. The Bertz CT molecular complexity index is 782. The molecule has 4 rings (SSSR count). The van der Waals surface area contributed by atoms with Crippen molar-refractivity contribution in [3.8, 4) is 0 Å². The van der Waals surface area contributed by atoms with Crippen LogP contribution in [-0.2, 0) is 14.3 Å². The van der Waals surface area contributed by atoms with Crippen molar-refractivity contribution >= 4 is 11.6 Å². The first-order valence-electron chi connectivity index (χ1n) is 11.0. The lowest BCUT2D eigenvalue weighted by atomic mass is 9.46. The van der Waals surface area contributed by atoms with E-state index in [1.54, 1.807) is 12.2 Å². The zero-order valence-electron chi connectivity index (χ0n) is 18.0. The van der Waals surface area contributed by atoms with Crippen molar-refractivity contribution in [3.63, 3.8) is 0 Å². The van der Waals surface area contributed by atoms with Crippen LogP contribution in [0.2, 0.25) is 0 Å². The molecule has 0 aliphatic heterocycles. The minimum absolute atomic E-state index is 0.0315. The Labute approximate surface area is 173 Å². The summed E-state index contributed by atoms with van der Waals surface area (Å²) in [5.41, 5.74) is -0.739. The van der Waals surface area contributed by atoms with Gasteiger partial charge in [-0.3, -0.25) is 9.59 Å². The molecule has 3 saturated carbocycles. The SMILES string of the molecule is CC(C)O[C@]1(C(=O)CO)CC[C@H]2[C@@H]3CCC4=CC(=O)C=C[C@]4(C)[C@H]3C(O)C[C@@]21C. The lowest BCUT2D eigenvalue weighted by molar-refractivity contribution is -0.202. The second-order valence-electron chi connectivity index (χ2n) is 10.3. The second-order valence-corrected chi connectivity index (χ2v) is 10.3. The van der Waals surface area contributed by atoms with Crippen LogP contribution in [0.4, 0.5) is 0 Å². The normalized spacial score (nSPS) is 46.2. The van der Waals surface area contributed by atoms with E-state index in [2.05, 4.69) is 13.8 Å². The van der Waals surface area contributed by atoms with Crippen molar-refractivity contribution < 1.29 is 24.5 Å². The van der Waals surface area contributed by atoms with Crippen LogP contribution in [-0.4, -0.2) is 46.2 Å². The van der Waals surface area contributed by atoms with Crippen molar-refractivity contribution in [1.29, 1.82) is 0 Å². The van der Waals surface area contributed by atoms with Crippen LogP contribution in [0.25, 0.3) is 0 Å². The molecular formula is C24H34O5. The Morgan fingerprint density at radius 1 is 1.31 bits per heavy atom. The van der Waals surface area contributed by atoms with Gasteiger partial charge in [0.2, 0.25) is 0 Å². The first-order chi connectivity index (χ1) is 13.6. The summed E-state index contributed by atoms with van der Waals surface area (Å²) >= 11 is 0. The molecule has 0 bridgehead atoms. The van der Waals surface area contributed by atoms with E-state index in [4.69, 9.17) is 4.74 Å². The Balaban J connectivity index is 1.76. The van der Waals surface area contributed by atoms with Gasteiger partial charge in [0, 0.05) is 16.7 Å². The minimum Gasteiger partial charge on any atom is -0.393 e. The number of Topliss-reactive ketones (excluding diaryl/α,β-unsaturated/α-hetero) is 1. The van der Waals surface area contributed by atoms with E-state index in [-0.39, 0.29) is 40.8 Å². The molecule has 7 atom stereocenters. The highest BCUT2D eigenvalue weighted by molar-refractivity contribution is 6.01. The summed E-state index contributed by atoms with van der Waals surface area (Å²) in [5.74, 6) is 0.309. The third kappa shape index (κ3) is 2.77. The Morgan fingerprint density at radius 2 is 2.03 bits per heavy atom. The standard InChI is InChI=1S/C24H34O5/c1-14(2)29-24(20(28)13-25)10-8-18-17-6-5-15-11-16(26)7-9-22(15,3)21(17)19(27)12-23(18,24)4/h7,9,11,14,17-19,21,25,27H,5-6,8,10,12-13H2,1-4H3/t17-,18-,19?,21+,22-,23-,24-/m0/s1. The molecule has 5 nitrogen and oxygen atoms in total. The Morgan fingerprint density at radius 3 is 2.69 bits per heavy atom. The summed E-state index contributed by atoms with van der Waals surface area (Å²) in [6, 6.07) is 0. The quantitative estimate of drug-likeness (QED) is 0.755. The summed E-state index contributed by atoms with van der Waals surface area (Å²) in [6.45, 7) is 7.56. The van der Waals surface area contributed by atoms with E-state index in [0.29, 0.717) is 12.8 Å². The number of hydrogen-bond donors (Lipinski definition) is 2. The summed E-state index contributed by atoms with van der Waals surface area (Å²) in [5, 5.41) is 21.2. The number of ether oxygens (including phenoxy) is 1. The van der Waals surface area contributed by atoms with E-state index < -0.39 is 23.7 Å². The van der Waals surface area contributed by atoms with Gasteiger partial charge in [-0.1, -0.05) is 25.5 Å². The maximum absolute atomic E-state index is 13.0. The zero-order chi connectivity index (χ0) is 21.2. The fraction of sp³-hybridized carbons (Fsp3) is 0.750. The molecule has 3 fully saturated rings. The highest BCUT2D eigenvalue weighted by Gasteiger charge is 2.69. The maximum atomic E-state index is 13.0. The van der Waals surface area contributed by atoms with Crippen molar-refractivity contribution in [1.82, 2.24) is 0 Å². The number of fused-ring (bicyclic) bond motifs is 5. The summed E-state index contributed by atoms with van der Waals surface area (Å²) in [4.78, 5) is 24.9. The first kappa shape index (κ1) is 21.0. The monoisotopic (exact) mass is 402 g/mol. The largest absolute Gasteiger partial charge is 0.393 e. The van der Waals surface area contributed by atoms with Gasteiger partial charge in [0.25, 0.3) is 0 Å². The number of carbonyl (C=O) groups is 2. The van der Waals surface area contributed by atoms with Crippen LogP contribution in [0.1, 0.15) is 59.8 Å². The van der Waals surface area contributed by atoms with Gasteiger partial charge in [-0.25, -0.2) is 0 Å². The molecule has 0 radical (unpaired) electrons. The molecular weight excluding hydrogens is 368 g/mol. The molecule has 0 heterocycles. The lowest BCUT2D eigenvalue weighted by Gasteiger charge is -2.60. The average molecular weight is 403 g/mol. The average Bonchev–Trinajstić information content (AvgIpc) is 2.93. The number of allylic oxidation sites excluding steroid dienone is 4. The Kier molecular flexibility index (Phi) is 4.96. The van der Waals surface area contributed by atoms with E-state index >= 15 is 0 Å². The molecule has 2 N–H and O–H groups in total. The molecule has 160 valence electrons. The van der Waals surface area contributed by atoms with Crippen LogP contribution in [0.3, 0.4) is 0 Å². The molecule has 0 aromatic heterocycles. The summed E-state index contributed by atoms with van der Waals surface area (Å²) in [6.07, 6.45) is 8.36. The predicted molar refractivity (Wildman–Crippen MR) is 109 cm³/mol. The van der Waals surface area contributed by atoms with Crippen molar-refractivity contribution in [2.75, 3.05) is 6.61 Å². The molecule has 1 unspecified atom stereocenters. The zero-order valence-corrected chi connectivity index (χ0v) is 18.0. The lowest BCUT2D eigenvalue weighted by Crippen LogP contribution is -2.63. The summed E-state index contributed by atoms with van der Waals surface area (Å²) in [7, 11) is 0. The third-order valence-electron chi connectivity index (χ3n) is 8.65. The van der Waals surface area contributed by atoms with E-state index in [1.807, 2.05) is 19.9 Å². The molecule has 0 saturated heterocycles. The topological polar surface area (TPSA) is 83.8 Å².